The number of hydrogen-bond donors (Lipinski definition) is 0. The number of hydrogen-bond acceptors (Lipinski definition) is 2. The van der Waals surface area contributed by atoms with E-state index >= 15 is 0 Å². The van der Waals surface area contributed by atoms with Gasteiger partial charge in [0.25, 0.3) is 0 Å². The summed E-state index contributed by atoms with van der Waals surface area (Å²) < 4.78 is 6.08. The first kappa shape index (κ1) is 14.7. The molecule has 0 spiro atoms. The fourth-order valence-corrected chi connectivity index (χ4v) is 1.57. The van der Waals surface area contributed by atoms with E-state index in [0.717, 1.165) is 23.9 Å². The number of carbonyl (C=O) groups excluding carboxylic acids is 1. The van der Waals surface area contributed by atoms with Gasteiger partial charge in [-0.15, -0.1) is 0 Å². The molecule has 3 nitrogen and oxygen atoms in total. The fraction of sp³-hybridized carbons (Fsp3) is 0.533. The lowest BCUT2D eigenvalue weighted by Gasteiger charge is -2.23. The largest absolute Gasteiger partial charge is 0.456 e. The first-order chi connectivity index (χ1) is 8.42. The van der Waals surface area contributed by atoms with Gasteiger partial charge >= 0.3 is 5.97 Å². The molecule has 0 fully saturated rings. The van der Waals surface area contributed by atoms with Crippen LogP contribution >= 0.6 is 0 Å². The summed E-state index contributed by atoms with van der Waals surface area (Å²) >= 11 is 0. The second-order valence-corrected chi connectivity index (χ2v) is 5.55. The highest BCUT2D eigenvalue weighted by molar-refractivity contribution is 5.91. The Kier molecular flexibility index (Phi) is 5.35. The molecule has 1 aliphatic rings. The summed E-state index contributed by atoms with van der Waals surface area (Å²) in [6.07, 6.45) is 9.64. The van der Waals surface area contributed by atoms with Crippen LogP contribution in [0.2, 0.25) is 0 Å². The molecule has 0 N–H and O–H groups in total. The Morgan fingerprint density at radius 2 is 2.11 bits per heavy atom. The van der Waals surface area contributed by atoms with Gasteiger partial charge in [0, 0.05) is 0 Å². The van der Waals surface area contributed by atoms with Gasteiger partial charge in [-0.2, -0.15) is 0 Å². The Hall–Kier alpha value is -1.35. The van der Waals surface area contributed by atoms with E-state index in [1.54, 1.807) is 0 Å². The normalized spacial score (nSPS) is 15.8. The third-order valence-electron chi connectivity index (χ3n) is 2.88. The van der Waals surface area contributed by atoms with Crippen molar-refractivity contribution in [3.63, 3.8) is 0 Å². The van der Waals surface area contributed by atoms with Crippen LogP contribution in [-0.4, -0.2) is 44.7 Å². The molecule has 0 saturated carbocycles. The van der Waals surface area contributed by atoms with Gasteiger partial charge in [0.05, 0.1) is 26.7 Å². The number of ether oxygens (including phenoxy) is 1. The van der Waals surface area contributed by atoms with Gasteiger partial charge in [-0.1, -0.05) is 30.7 Å². The minimum absolute atomic E-state index is 0.217. The third kappa shape index (κ3) is 5.32. The van der Waals surface area contributed by atoms with Gasteiger partial charge in [-0.05, 0) is 18.9 Å². The Balaban J connectivity index is 2.46. The Labute approximate surface area is 110 Å². The van der Waals surface area contributed by atoms with Crippen molar-refractivity contribution in [2.75, 3.05) is 34.3 Å². The van der Waals surface area contributed by atoms with Crippen molar-refractivity contribution in [2.45, 2.75) is 19.8 Å². The van der Waals surface area contributed by atoms with Gasteiger partial charge < -0.3 is 9.22 Å². The highest BCUT2D eigenvalue weighted by Crippen LogP contribution is 2.15. The minimum Gasteiger partial charge on any atom is -0.456 e. The van der Waals surface area contributed by atoms with Crippen LogP contribution in [0.4, 0.5) is 0 Å². The molecule has 0 aromatic rings. The van der Waals surface area contributed by atoms with Crippen LogP contribution in [0.5, 0.6) is 0 Å². The maximum absolute atomic E-state index is 11.9. The summed E-state index contributed by atoms with van der Waals surface area (Å²) in [6.45, 7) is 3.40. The van der Waals surface area contributed by atoms with Crippen LogP contribution in [0.15, 0.2) is 35.5 Å². The molecule has 0 saturated heterocycles. The van der Waals surface area contributed by atoms with Gasteiger partial charge in [-0.25, -0.2) is 4.79 Å². The SMILES string of the molecule is CCC1=CC=CC(C(=O)OCC[N+](C)(C)C)=CC1. The zero-order chi connectivity index (χ0) is 13.6. The summed E-state index contributed by atoms with van der Waals surface area (Å²) in [6, 6.07) is 0. The fourth-order valence-electron chi connectivity index (χ4n) is 1.57. The van der Waals surface area contributed by atoms with Crippen molar-refractivity contribution in [1.29, 1.82) is 0 Å². The van der Waals surface area contributed by atoms with E-state index < -0.39 is 0 Å². The molecule has 0 aliphatic heterocycles. The maximum atomic E-state index is 11.9. The predicted molar refractivity (Wildman–Crippen MR) is 74.1 cm³/mol. The standard InChI is InChI=1S/C15H24NO2/c1-5-13-7-6-8-14(10-9-13)15(17)18-12-11-16(2,3)4/h6-8,10H,5,9,11-12H2,1-4H3/q+1. The second-order valence-electron chi connectivity index (χ2n) is 5.55. The molecule has 100 valence electrons. The third-order valence-corrected chi connectivity index (χ3v) is 2.88. The van der Waals surface area contributed by atoms with Crippen LogP contribution in [0.3, 0.4) is 0 Å². The second kappa shape index (κ2) is 6.55. The average Bonchev–Trinajstić information content (AvgIpc) is 2.52. The Morgan fingerprint density at radius 3 is 2.72 bits per heavy atom. The topological polar surface area (TPSA) is 26.3 Å². The highest BCUT2D eigenvalue weighted by Gasteiger charge is 2.12. The van der Waals surface area contributed by atoms with Crippen molar-refractivity contribution < 1.29 is 14.0 Å². The molecule has 0 radical (unpaired) electrons. The molecule has 0 atom stereocenters. The number of likely N-dealkylation sites (N-methyl/N-ethyl adjacent to an activating group) is 1. The molecule has 0 aromatic heterocycles. The van der Waals surface area contributed by atoms with Crippen LogP contribution in [0.1, 0.15) is 19.8 Å². The number of allylic oxidation sites excluding steroid dienone is 4. The monoisotopic (exact) mass is 250 g/mol. The predicted octanol–water partition coefficient (Wildman–Crippen LogP) is 2.46. The molecule has 3 heteroatoms. The minimum atomic E-state index is -0.217. The summed E-state index contributed by atoms with van der Waals surface area (Å²) in [4.78, 5) is 11.9. The molecule has 0 bridgehead atoms. The summed E-state index contributed by atoms with van der Waals surface area (Å²) in [5.74, 6) is -0.217. The lowest BCUT2D eigenvalue weighted by Crippen LogP contribution is -2.38. The smallest absolute Gasteiger partial charge is 0.338 e. The van der Waals surface area contributed by atoms with E-state index in [4.69, 9.17) is 4.74 Å². The van der Waals surface area contributed by atoms with E-state index in [0.29, 0.717) is 12.2 Å². The van der Waals surface area contributed by atoms with Crippen LogP contribution in [-0.2, 0) is 9.53 Å². The molecule has 0 heterocycles. The lowest BCUT2D eigenvalue weighted by atomic mass is 10.1. The molecular formula is C15H24NO2+. The van der Waals surface area contributed by atoms with E-state index in [2.05, 4.69) is 34.1 Å². The Morgan fingerprint density at radius 1 is 1.39 bits per heavy atom. The molecule has 0 aromatic carbocycles. The summed E-state index contributed by atoms with van der Waals surface area (Å²) in [5, 5.41) is 0. The number of carbonyl (C=O) groups is 1. The van der Waals surface area contributed by atoms with Crippen molar-refractivity contribution in [1.82, 2.24) is 0 Å². The Bertz CT molecular complexity index is 384. The van der Waals surface area contributed by atoms with E-state index in [9.17, 15) is 4.79 Å². The van der Waals surface area contributed by atoms with Crippen molar-refractivity contribution in [2.24, 2.45) is 0 Å². The average molecular weight is 250 g/mol. The molecule has 1 rings (SSSR count). The van der Waals surface area contributed by atoms with Crippen molar-refractivity contribution >= 4 is 5.97 Å². The lowest BCUT2D eigenvalue weighted by molar-refractivity contribution is -0.870. The quantitative estimate of drug-likeness (QED) is 0.553. The van der Waals surface area contributed by atoms with Crippen LogP contribution < -0.4 is 0 Å². The molecule has 1 aliphatic carbocycles. The number of quaternary nitrogens is 1. The summed E-state index contributed by atoms with van der Waals surface area (Å²) in [5.41, 5.74) is 2.00. The number of rotatable bonds is 5. The molecule has 0 amide bonds. The maximum Gasteiger partial charge on any atom is 0.338 e. The zero-order valence-electron chi connectivity index (χ0n) is 11.9. The molecule has 18 heavy (non-hydrogen) atoms. The van der Waals surface area contributed by atoms with E-state index in [1.807, 2.05) is 18.2 Å². The van der Waals surface area contributed by atoms with Gasteiger partial charge in [0.2, 0.25) is 0 Å². The van der Waals surface area contributed by atoms with E-state index in [1.165, 1.54) is 5.57 Å². The van der Waals surface area contributed by atoms with Crippen LogP contribution in [0.25, 0.3) is 0 Å². The van der Waals surface area contributed by atoms with Crippen molar-refractivity contribution in [3.05, 3.63) is 35.5 Å². The summed E-state index contributed by atoms with van der Waals surface area (Å²) in [7, 11) is 6.24. The van der Waals surface area contributed by atoms with Crippen molar-refractivity contribution in [3.8, 4) is 0 Å². The van der Waals surface area contributed by atoms with Gasteiger partial charge in [0.1, 0.15) is 13.2 Å². The molecular weight excluding hydrogens is 226 g/mol. The van der Waals surface area contributed by atoms with E-state index in [-0.39, 0.29) is 5.97 Å². The number of nitrogens with zero attached hydrogens (tertiary/aromatic N) is 1. The number of esters is 1. The van der Waals surface area contributed by atoms with Gasteiger partial charge in [-0.3, -0.25) is 0 Å². The molecule has 0 unspecified atom stereocenters. The first-order valence-electron chi connectivity index (χ1n) is 6.46. The van der Waals surface area contributed by atoms with Gasteiger partial charge in [0.15, 0.2) is 0 Å². The zero-order valence-corrected chi connectivity index (χ0v) is 11.9. The van der Waals surface area contributed by atoms with Crippen LogP contribution in [0, 0.1) is 0 Å². The first-order valence-corrected chi connectivity index (χ1v) is 6.46. The highest BCUT2D eigenvalue weighted by atomic mass is 16.5.